The third kappa shape index (κ3) is 3.45. The molecule has 0 spiro atoms. The predicted octanol–water partition coefficient (Wildman–Crippen LogP) is 1.88. The van der Waals surface area contributed by atoms with Crippen LogP contribution in [0.5, 0.6) is 0 Å². The number of amides is 1. The molecule has 1 aromatic heterocycles. The van der Waals surface area contributed by atoms with Gasteiger partial charge >= 0.3 is 0 Å². The minimum absolute atomic E-state index is 0.211. The van der Waals surface area contributed by atoms with Crippen LogP contribution in [0.4, 0.5) is 15.3 Å². The lowest BCUT2D eigenvalue weighted by Crippen LogP contribution is -2.25. The summed E-state index contributed by atoms with van der Waals surface area (Å²) in [5.74, 6) is -0.334. The van der Waals surface area contributed by atoms with Gasteiger partial charge in [-0.15, -0.1) is 0 Å². The Kier molecular flexibility index (Phi) is 4.52. The highest BCUT2D eigenvalue weighted by molar-refractivity contribution is 7.18. The molecule has 2 aromatic rings. The van der Waals surface area contributed by atoms with Crippen LogP contribution in [0.25, 0.3) is 0 Å². The van der Waals surface area contributed by atoms with Gasteiger partial charge in [0, 0.05) is 13.6 Å². The van der Waals surface area contributed by atoms with Crippen molar-refractivity contribution in [2.24, 2.45) is 0 Å². The summed E-state index contributed by atoms with van der Waals surface area (Å²) >= 11 is 1.20. The van der Waals surface area contributed by atoms with E-state index >= 15 is 0 Å². The number of nitrogen functional groups attached to an aromatic ring is 1. The molecule has 0 bridgehead atoms. The highest BCUT2D eigenvalue weighted by Gasteiger charge is 2.15. The SMILES string of the molecule is CNc1nc(N)c(C(=O)NCCc2cccc(F)c2)s1. The number of nitrogens with one attached hydrogen (secondary N) is 2. The number of rotatable bonds is 5. The van der Waals surface area contributed by atoms with E-state index in [1.807, 2.05) is 6.07 Å². The first-order valence-corrected chi connectivity index (χ1v) is 6.88. The van der Waals surface area contributed by atoms with Gasteiger partial charge < -0.3 is 16.4 Å². The van der Waals surface area contributed by atoms with Crippen molar-refractivity contribution < 1.29 is 9.18 Å². The van der Waals surface area contributed by atoms with Gasteiger partial charge in [0.25, 0.3) is 5.91 Å². The van der Waals surface area contributed by atoms with Crippen molar-refractivity contribution >= 4 is 28.2 Å². The van der Waals surface area contributed by atoms with E-state index < -0.39 is 0 Å². The zero-order chi connectivity index (χ0) is 14.5. The Balaban J connectivity index is 1.90. The number of nitrogens with two attached hydrogens (primary N) is 1. The molecule has 1 amide bonds. The normalized spacial score (nSPS) is 10.3. The van der Waals surface area contributed by atoms with E-state index in [4.69, 9.17) is 5.73 Å². The third-order valence-corrected chi connectivity index (χ3v) is 3.75. The summed E-state index contributed by atoms with van der Waals surface area (Å²) in [5, 5.41) is 6.18. The maximum atomic E-state index is 13.0. The summed E-state index contributed by atoms with van der Waals surface area (Å²) in [6, 6.07) is 6.30. The first kappa shape index (κ1) is 14.3. The number of halogens is 1. The molecule has 0 aliphatic carbocycles. The fourth-order valence-corrected chi connectivity index (χ4v) is 2.45. The number of anilines is 2. The van der Waals surface area contributed by atoms with Gasteiger partial charge in [-0.2, -0.15) is 0 Å². The van der Waals surface area contributed by atoms with Crippen molar-refractivity contribution in [3.05, 3.63) is 40.5 Å². The van der Waals surface area contributed by atoms with Crippen LogP contribution in [-0.4, -0.2) is 24.5 Å². The van der Waals surface area contributed by atoms with Crippen molar-refractivity contribution in [2.45, 2.75) is 6.42 Å². The Morgan fingerprint density at radius 3 is 2.95 bits per heavy atom. The number of thiazole rings is 1. The first-order valence-electron chi connectivity index (χ1n) is 6.07. The van der Waals surface area contributed by atoms with E-state index in [1.165, 1.54) is 23.5 Å². The first-order chi connectivity index (χ1) is 9.60. The zero-order valence-electron chi connectivity index (χ0n) is 10.9. The topological polar surface area (TPSA) is 80.0 Å². The molecular formula is C13H15FN4OS. The summed E-state index contributed by atoms with van der Waals surface area (Å²) in [6.07, 6.45) is 0.557. The molecule has 0 radical (unpaired) electrons. The number of hydrogen-bond donors (Lipinski definition) is 3. The largest absolute Gasteiger partial charge is 0.382 e. The number of carbonyl (C=O) groups excluding carboxylic acids is 1. The minimum atomic E-state index is -0.279. The molecule has 0 aliphatic heterocycles. The molecule has 0 fully saturated rings. The fourth-order valence-electron chi connectivity index (χ4n) is 1.69. The summed E-state index contributed by atoms with van der Waals surface area (Å²) in [7, 11) is 1.71. The van der Waals surface area contributed by atoms with E-state index in [0.29, 0.717) is 23.0 Å². The molecule has 0 atom stereocenters. The Hall–Kier alpha value is -2.15. The molecule has 1 heterocycles. The lowest BCUT2D eigenvalue weighted by Gasteiger charge is -2.04. The average molecular weight is 294 g/mol. The lowest BCUT2D eigenvalue weighted by atomic mass is 10.1. The van der Waals surface area contributed by atoms with Gasteiger partial charge in [0.15, 0.2) is 5.13 Å². The molecule has 7 heteroatoms. The van der Waals surface area contributed by atoms with Gasteiger partial charge in [-0.1, -0.05) is 23.5 Å². The molecule has 2 rings (SSSR count). The Bertz CT molecular complexity index is 614. The van der Waals surface area contributed by atoms with Gasteiger partial charge in [-0.25, -0.2) is 9.37 Å². The molecular weight excluding hydrogens is 279 g/mol. The van der Waals surface area contributed by atoms with Crippen LogP contribution in [0.2, 0.25) is 0 Å². The maximum absolute atomic E-state index is 13.0. The highest BCUT2D eigenvalue weighted by atomic mass is 32.1. The number of benzene rings is 1. The molecule has 0 saturated carbocycles. The van der Waals surface area contributed by atoms with Crippen molar-refractivity contribution in [1.29, 1.82) is 0 Å². The third-order valence-electron chi connectivity index (χ3n) is 2.66. The maximum Gasteiger partial charge on any atom is 0.265 e. The molecule has 5 nitrogen and oxygen atoms in total. The van der Waals surface area contributed by atoms with E-state index in [1.54, 1.807) is 13.1 Å². The van der Waals surface area contributed by atoms with Crippen molar-refractivity contribution in [3.63, 3.8) is 0 Å². The highest BCUT2D eigenvalue weighted by Crippen LogP contribution is 2.24. The average Bonchev–Trinajstić information content (AvgIpc) is 2.80. The van der Waals surface area contributed by atoms with Gasteiger partial charge in [0.2, 0.25) is 0 Å². The lowest BCUT2D eigenvalue weighted by molar-refractivity contribution is 0.0959. The second kappa shape index (κ2) is 6.33. The fraction of sp³-hybridized carbons (Fsp3) is 0.231. The van der Waals surface area contributed by atoms with Crippen LogP contribution >= 0.6 is 11.3 Å². The van der Waals surface area contributed by atoms with Crippen molar-refractivity contribution in [2.75, 3.05) is 24.6 Å². The number of aromatic nitrogens is 1. The minimum Gasteiger partial charge on any atom is -0.382 e. The van der Waals surface area contributed by atoms with E-state index in [9.17, 15) is 9.18 Å². The summed E-state index contributed by atoms with van der Waals surface area (Å²) < 4.78 is 13.0. The molecule has 0 unspecified atom stereocenters. The molecule has 0 aliphatic rings. The van der Waals surface area contributed by atoms with Gasteiger partial charge in [-0.3, -0.25) is 4.79 Å². The number of nitrogens with zero attached hydrogens (tertiary/aromatic N) is 1. The molecule has 1 aromatic carbocycles. The Morgan fingerprint density at radius 2 is 2.30 bits per heavy atom. The second-order valence-corrected chi connectivity index (χ2v) is 5.12. The van der Waals surface area contributed by atoms with E-state index in [0.717, 1.165) is 5.56 Å². The summed E-state index contributed by atoms with van der Waals surface area (Å²) in [5.41, 5.74) is 6.50. The molecule has 106 valence electrons. The monoisotopic (exact) mass is 294 g/mol. The number of hydrogen-bond acceptors (Lipinski definition) is 5. The summed E-state index contributed by atoms with van der Waals surface area (Å²) in [6.45, 7) is 0.411. The van der Waals surface area contributed by atoms with Crippen LogP contribution < -0.4 is 16.4 Å². The van der Waals surface area contributed by atoms with Crippen LogP contribution in [0.1, 0.15) is 15.2 Å². The van der Waals surface area contributed by atoms with Gasteiger partial charge in [-0.05, 0) is 24.1 Å². The van der Waals surface area contributed by atoms with Crippen LogP contribution in [-0.2, 0) is 6.42 Å². The zero-order valence-corrected chi connectivity index (χ0v) is 11.8. The molecule has 20 heavy (non-hydrogen) atoms. The van der Waals surface area contributed by atoms with Crippen molar-refractivity contribution in [1.82, 2.24) is 10.3 Å². The Morgan fingerprint density at radius 1 is 1.50 bits per heavy atom. The predicted molar refractivity (Wildman–Crippen MR) is 78.5 cm³/mol. The van der Waals surface area contributed by atoms with E-state index in [2.05, 4.69) is 15.6 Å². The van der Waals surface area contributed by atoms with Gasteiger partial charge in [0.05, 0.1) is 0 Å². The van der Waals surface area contributed by atoms with Gasteiger partial charge in [0.1, 0.15) is 16.5 Å². The van der Waals surface area contributed by atoms with Crippen LogP contribution in [0.15, 0.2) is 24.3 Å². The summed E-state index contributed by atoms with van der Waals surface area (Å²) in [4.78, 5) is 16.3. The van der Waals surface area contributed by atoms with E-state index in [-0.39, 0.29) is 17.5 Å². The number of carbonyl (C=O) groups is 1. The molecule has 0 saturated heterocycles. The Labute approximate surface area is 120 Å². The van der Waals surface area contributed by atoms with Crippen LogP contribution in [0, 0.1) is 5.82 Å². The standard InChI is InChI=1S/C13H15FN4OS/c1-16-13-18-11(15)10(20-13)12(19)17-6-5-8-3-2-4-9(14)7-8/h2-4,7H,5-6,15H2,1H3,(H,16,18)(H,17,19). The quantitative estimate of drug-likeness (QED) is 0.786. The van der Waals surface area contributed by atoms with Crippen molar-refractivity contribution in [3.8, 4) is 0 Å². The molecule has 4 N–H and O–H groups in total. The smallest absolute Gasteiger partial charge is 0.265 e. The van der Waals surface area contributed by atoms with Crippen LogP contribution in [0.3, 0.4) is 0 Å². The second-order valence-electron chi connectivity index (χ2n) is 4.12.